The van der Waals surface area contributed by atoms with Gasteiger partial charge in [0.05, 0.1) is 5.69 Å². The van der Waals surface area contributed by atoms with Gasteiger partial charge in [0.1, 0.15) is 0 Å². The molecule has 0 aliphatic carbocycles. The Morgan fingerprint density at radius 1 is 0.215 bits per heavy atom. The van der Waals surface area contributed by atoms with Gasteiger partial charge in [-0.1, -0.05) is 237 Å². The molecule has 0 aliphatic heterocycles. The van der Waals surface area contributed by atoms with Gasteiger partial charge >= 0.3 is 0 Å². The lowest BCUT2D eigenvalue weighted by atomic mass is 9.89. The molecule has 11 aromatic rings. The standard InChI is InChI=1S/C64H45N/c1-5-17-46(18-6-1)47-29-31-53(32-30-47)59-26-15-16-28-63(59)65(57-41-35-54(36-42-57)64-60-27-14-13-25-52(60)37-44-61(64)50-21-9-3-10-22-50)56-39-33-48(34-40-56)55-38-43-58(49-19-7-2-8-20-49)62(45-55)51-23-11-4-12-24-51/h1-45H. The van der Waals surface area contributed by atoms with Crippen LogP contribution in [0.5, 0.6) is 0 Å². The molecule has 11 rings (SSSR count). The lowest BCUT2D eigenvalue weighted by molar-refractivity contribution is 1.28. The van der Waals surface area contributed by atoms with Gasteiger partial charge < -0.3 is 4.90 Å². The molecule has 0 bridgehead atoms. The molecule has 0 N–H and O–H groups in total. The Balaban J connectivity index is 1.03. The van der Waals surface area contributed by atoms with Gasteiger partial charge in [-0.2, -0.15) is 0 Å². The smallest absolute Gasteiger partial charge is 0.0540 e. The van der Waals surface area contributed by atoms with Crippen LogP contribution in [-0.4, -0.2) is 0 Å². The van der Waals surface area contributed by atoms with Crippen LogP contribution in [0.3, 0.4) is 0 Å². The largest absolute Gasteiger partial charge is 0.310 e. The van der Waals surface area contributed by atoms with Crippen molar-refractivity contribution in [3.63, 3.8) is 0 Å². The second-order valence-corrected chi connectivity index (χ2v) is 16.5. The van der Waals surface area contributed by atoms with Crippen molar-refractivity contribution >= 4 is 27.8 Å². The molecular weight excluding hydrogens is 783 g/mol. The molecule has 0 atom stereocenters. The van der Waals surface area contributed by atoms with E-state index in [-0.39, 0.29) is 0 Å². The Bertz CT molecular complexity index is 3360. The summed E-state index contributed by atoms with van der Waals surface area (Å²) in [6.45, 7) is 0. The molecule has 0 saturated heterocycles. The van der Waals surface area contributed by atoms with Crippen LogP contribution in [0.2, 0.25) is 0 Å². The van der Waals surface area contributed by atoms with Crippen molar-refractivity contribution in [2.45, 2.75) is 0 Å². The molecule has 0 unspecified atom stereocenters. The Morgan fingerprint density at radius 3 is 1.25 bits per heavy atom. The highest BCUT2D eigenvalue weighted by atomic mass is 15.1. The predicted octanol–water partition coefficient (Wildman–Crippen LogP) is 18.0. The number of para-hydroxylation sites is 1. The zero-order valence-electron chi connectivity index (χ0n) is 35.9. The third-order valence-corrected chi connectivity index (χ3v) is 12.5. The molecule has 1 heteroatoms. The molecule has 0 aromatic heterocycles. The van der Waals surface area contributed by atoms with E-state index in [1.807, 2.05) is 0 Å². The van der Waals surface area contributed by atoms with E-state index in [1.165, 1.54) is 72.0 Å². The van der Waals surface area contributed by atoms with Crippen LogP contribution >= 0.6 is 0 Å². The summed E-state index contributed by atoms with van der Waals surface area (Å²) in [4.78, 5) is 2.41. The first-order valence-corrected chi connectivity index (χ1v) is 22.3. The van der Waals surface area contributed by atoms with E-state index in [0.29, 0.717) is 0 Å². The lowest BCUT2D eigenvalue weighted by Gasteiger charge is -2.28. The number of hydrogen-bond acceptors (Lipinski definition) is 1. The van der Waals surface area contributed by atoms with Crippen LogP contribution in [0.1, 0.15) is 0 Å². The lowest BCUT2D eigenvalue weighted by Crippen LogP contribution is -2.11. The first-order chi connectivity index (χ1) is 32.2. The van der Waals surface area contributed by atoms with Crippen molar-refractivity contribution in [2.75, 3.05) is 4.90 Å². The van der Waals surface area contributed by atoms with Crippen molar-refractivity contribution < 1.29 is 0 Å². The van der Waals surface area contributed by atoms with Crippen LogP contribution in [0.25, 0.3) is 88.7 Å². The van der Waals surface area contributed by atoms with Crippen LogP contribution in [-0.2, 0) is 0 Å². The molecule has 306 valence electrons. The fourth-order valence-corrected chi connectivity index (χ4v) is 9.28. The van der Waals surface area contributed by atoms with Crippen LogP contribution in [0.15, 0.2) is 273 Å². The molecular formula is C64H45N. The van der Waals surface area contributed by atoms with Gasteiger partial charge in [0.2, 0.25) is 0 Å². The number of benzene rings is 11. The summed E-state index contributed by atoms with van der Waals surface area (Å²) in [6.07, 6.45) is 0. The van der Waals surface area contributed by atoms with E-state index in [1.54, 1.807) is 0 Å². The molecule has 65 heavy (non-hydrogen) atoms. The maximum Gasteiger partial charge on any atom is 0.0540 e. The highest BCUT2D eigenvalue weighted by molar-refractivity contribution is 6.04. The van der Waals surface area contributed by atoms with Crippen LogP contribution in [0.4, 0.5) is 17.1 Å². The second kappa shape index (κ2) is 17.7. The minimum Gasteiger partial charge on any atom is -0.310 e. The fourth-order valence-electron chi connectivity index (χ4n) is 9.28. The monoisotopic (exact) mass is 827 g/mol. The van der Waals surface area contributed by atoms with Crippen molar-refractivity contribution in [1.82, 2.24) is 0 Å². The summed E-state index contributed by atoms with van der Waals surface area (Å²) in [5, 5.41) is 2.47. The molecule has 11 aromatic carbocycles. The average molecular weight is 828 g/mol. The van der Waals surface area contributed by atoms with E-state index in [0.717, 1.165) is 33.8 Å². The van der Waals surface area contributed by atoms with Gasteiger partial charge in [0.25, 0.3) is 0 Å². The molecule has 0 aliphatic rings. The van der Waals surface area contributed by atoms with E-state index in [4.69, 9.17) is 0 Å². The van der Waals surface area contributed by atoms with Gasteiger partial charge in [-0.15, -0.1) is 0 Å². The first-order valence-electron chi connectivity index (χ1n) is 22.3. The van der Waals surface area contributed by atoms with Crippen LogP contribution in [0, 0.1) is 0 Å². The summed E-state index contributed by atoms with van der Waals surface area (Å²) in [5.74, 6) is 0. The molecule has 0 saturated carbocycles. The summed E-state index contributed by atoms with van der Waals surface area (Å²) in [5.41, 5.74) is 20.0. The van der Waals surface area contributed by atoms with Crippen molar-refractivity contribution in [3.05, 3.63) is 273 Å². The maximum atomic E-state index is 2.41. The quantitative estimate of drug-likeness (QED) is 0.133. The molecule has 0 heterocycles. The van der Waals surface area contributed by atoms with Gasteiger partial charge in [0, 0.05) is 16.9 Å². The summed E-state index contributed by atoms with van der Waals surface area (Å²) in [7, 11) is 0. The van der Waals surface area contributed by atoms with Gasteiger partial charge in [-0.05, 0) is 119 Å². The average Bonchev–Trinajstić information content (AvgIpc) is 3.40. The SMILES string of the molecule is c1ccc(-c2ccc(-c3ccccc3N(c3ccc(-c4ccc(-c5ccccc5)c(-c5ccccc5)c4)cc3)c3ccc(-c4c(-c5ccccc5)ccc5ccccc45)cc3)cc2)cc1. The zero-order valence-corrected chi connectivity index (χ0v) is 35.9. The molecule has 0 fully saturated rings. The number of rotatable bonds is 10. The van der Waals surface area contributed by atoms with Crippen LogP contribution < -0.4 is 4.90 Å². The number of fused-ring (bicyclic) bond motifs is 1. The second-order valence-electron chi connectivity index (χ2n) is 16.5. The van der Waals surface area contributed by atoms with Crippen molar-refractivity contribution in [3.8, 4) is 77.9 Å². The highest BCUT2D eigenvalue weighted by Gasteiger charge is 2.19. The molecule has 0 amide bonds. The predicted molar refractivity (Wildman–Crippen MR) is 277 cm³/mol. The third kappa shape index (κ3) is 7.93. The number of nitrogens with zero attached hydrogens (tertiary/aromatic N) is 1. The summed E-state index contributed by atoms with van der Waals surface area (Å²) < 4.78 is 0. The summed E-state index contributed by atoms with van der Waals surface area (Å²) in [6, 6.07) is 98.8. The maximum absolute atomic E-state index is 2.41. The van der Waals surface area contributed by atoms with Gasteiger partial charge in [0.15, 0.2) is 0 Å². The first kappa shape index (κ1) is 39.3. The van der Waals surface area contributed by atoms with E-state index in [2.05, 4.69) is 278 Å². The van der Waals surface area contributed by atoms with Crippen molar-refractivity contribution in [2.24, 2.45) is 0 Å². The third-order valence-electron chi connectivity index (χ3n) is 12.5. The van der Waals surface area contributed by atoms with Gasteiger partial charge in [-0.25, -0.2) is 0 Å². The number of anilines is 3. The van der Waals surface area contributed by atoms with E-state index >= 15 is 0 Å². The Kier molecular flexibility index (Phi) is 10.7. The minimum absolute atomic E-state index is 1.08. The van der Waals surface area contributed by atoms with E-state index in [9.17, 15) is 0 Å². The normalized spacial score (nSPS) is 11.1. The van der Waals surface area contributed by atoms with Gasteiger partial charge in [-0.3, -0.25) is 0 Å². The fraction of sp³-hybridized carbons (Fsp3) is 0. The molecule has 0 radical (unpaired) electrons. The highest BCUT2D eigenvalue weighted by Crippen LogP contribution is 2.44. The van der Waals surface area contributed by atoms with Crippen molar-refractivity contribution in [1.29, 1.82) is 0 Å². The number of hydrogen-bond donors (Lipinski definition) is 0. The molecule has 0 spiro atoms. The Labute approximate surface area is 381 Å². The Hall–Kier alpha value is -8.52. The topological polar surface area (TPSA) is 3.24 Å². The zero-order chi connectivity index (χ0) is 43.4. The van der Waals surface area contributed by atoms with E-state index < -0.39 is 0 Å². The minimum atomic E-state index is 1.08. The summed E-state index contributed by atoms with van der Waals surface area (Å²) >= 11 is 0. The molecule has 1 nitrogen and oxygen atoms in total. The Morgan fingerprint density at radius 2 is 0.615 bits per heavy atom.